The smallest absolute Gasteiger partial charge is 0.164 e. The van der Waals surface area contributed by atoms with Crippen molar-refractivity contribution in [1.82, 2.24) is 14.8 Å². The molecule has 0 atom stereocenters. The molecule has 0 unspecified atom stereocenters. The van der Waals surface area contributed by atoms with Gasteiger partial charge in [-0.3, -0.25) is 0 Å². The van der Waals surface area contributed by atoms with E-state index in [1.807, 2.05) is 16.8 Å². The Kier molecular flexibility index (Phi) is 5.86. The van der Waals surface area contributed by atoms with Crippen molar-refractivity contribution < 1.29 is 4.74 Å². The standard InChI is InChI=1S/C13H14Br2ClN3O/c1-2-3-19-12(17-8-18-19)7-20-13-10(14)4-9(6-16)5-11(13)15/h4-5,8H,2-3,6-7H2,1H3. The zero-order valence-corrected chi connectivity index (χ0v) is 14.9. The van der Waals surface area contributed by atoms with Crippen molar-refractivity contribution in [2.75, 3.05) is 0 Å². The average Bonchev–Trinajstić information content (AvgIpc) is 2.85. The molecular weight excluding hydrogens is 409 g/mol. The van der Waals surface area contributed by atoms with Gasteiger partial charge in [0.25, 0.3) is 0 Å². The number of hydrogen-bond donors (Lipinski definition) is 0. The largest absolute Gasteiger partial charge is 0.483 e. The van der Waals surface area contributed by atoms with Gasteiger partial charge in [0.05, 0.1) is 8.95 Å². The summed E-state index contributed by atoms with van der Waals surface area (Å²) < 4.78 is 9.42. The summed E-state index contributed by atoms with van der Waals surface area (Å²) in [5.74, 6) is 2.01. The van der Waals surface area contributed by atoms with E-state index in [1.165, 1.54) is 0 Å². The van der Waals surface area contributed by atoms with E-state index in [0.29, 0.717) is 12.5 Å². The second-order valence-corrected chi connectivity index (χ2v) is 6.19. The normalized spacial score (nSPS) is 10.8. The van der Waals surface area contributed by atoms with Crippen molar-refractivity contribution in [1.29, 1.82) is 0 Å². The summed E-state index contributed by atoms with van der Waals surface area (Å²) in [6, 6.07) is 3.90. The van der Waals surface area contributed by atoms with E-state index in [4.69, 9.17) is 16.3 Å². The maximum atomic E-state index is 5.84. The quantitative estimate of drug-likeness (QED) is 0.641. The van der Waals surface area contributed by atoms with E-state index in [2.05, 4.69) is 48.9 Å². The minimum absolute atomic E-state index is 0.372. The Morgan fingerprint density at radius 1 is 1.30 bits per heavy atom. The Balaban J connectivity index is 2.13. The first-order valence-corrected chi connectivity index (χ1v) is 8.31. The first kappa shape index (κ1) is 15.8. The lowest BCUT2D eigenvalue weighted by molar-refractivity contribution is 0.282. The molecule has 0 spiro atoms. The van der Waals surface area contributed by atoms with Crippen LogP contribution in [-0.2, 0) is 19.0 Å². The summed E-state index contributed by atoms with van der Waals surface area (Å²) in [5, 5.41) is 4.18. The topological polar surface area (TPSA) is 39.9 Å². The molecule has 1 heterocycles. The van der Waals surface area contributed by atoms with Crippen LogP contribution in [0.15, 0.2) is 27.4 Å². The lowest BCUT2D eigenvalue weighted by Crippen LogP contribution is -2.09. The van der Waals surface area contributed by atoms with Gasteiger partial charge in [-0.25, -0.2) is 9.67 Å². The molecule has 108 valence electrons. The van der Waals surface area contributed by atoms with Crippen LogP contribution in [0.5, 0.6) is 5.75 Å². The van der Waals surface area contributed by atoms with Gasteiger partial charge < -0.3 is 4.74 Å². The number of hydrogen-bond acceptors (Lipinski definition) is 3. The first-order chi connectivity index (χ1) is 9.65. The van der Waals surface area contributed by atoms with Crippen LogP contribution in [0.4, 0.5) is 0 Å². The van der Waals surface area contributed by atoms with Gasteiger partial charge in [-0.1, -0.05) is 6.92 Å². The number of aromatic nitrogens is 3. The van der Waals surface area contributed by atoms with Crippen molar-refractivity contribution in [2.24, 2.45) is 0 Å². The molecule has 0 aliphatic heterocycles. The van der Waals surface area contributed by atoms with Crippen molar-refractivity contribution in [3.63, 3.8) is 0 Å². The number of rotatable bonds is 6. The maximum absolute atomic E-state index is 5.84. The van der Waals surface area contributed by atoms with E-state index in [9.17, 15) is 0 Å². The molecule has 1 aromatic carbocycles. The Labute approximate surface area is 139 Å². The molecule has 2 aromatic rings. The molecule has 0 aliphatic carbocycles. The van der Waals surface area contributed by atoms with E-state index in [1.54, 1.807) is 6.33 Å². The highest BCUT2D eigenvalue weighted by Crippen LogP contribution is 2.35. The van der Waals surface area contributed by atoms with Crippen LogP contribution in [0.25, 0.3) is 0 Å². The lowest BCUT2D eigenvalue weighted by Gasteiger charge is -2.12. The van der Waals surface area contributed by atoms with Crippen LogP contribution < -0.4 is 4.74 Å². The van der Waals surface area contributed by atoms with Crippen molar-refractivity contribution in [3.05, 3.63) is 38.8 Å². The zero-order chi connectivity index (χ0) is 14.5. The Bertz CT molecular complexity index is 566. The summed E-state index contributed by atoms with van der Waals surface area (Å²) in [6.45, 7) is 3.31. The van der Waals surface area contributed by atoms with Gasteiger partial charge in [0, 0.05) is 12.4 Å². The van der Waals surface area contributed by atoms with Gasteiger partial charge in [-0.05, 0) is 56.0 Å². The van der Waals surface area contributed by atoms with Gasteiger partial charge in [-0.15, -0.1) is 11.6 Å². The lowest BCUT2D eigenvalue weighted by atomic mass is 10.2. The number of ether oxygens (including phenoxy) is 1. The van der Waals surface area contributed by atoms with Crippen LogP contribution in [0.3, 0.4) is 0 Å². The summed E-state index contributed by atoms with van der Waals surface area (Å²) in [6.07, 6.45) is 2.56. The van der Waals surface area contributed by atoms with Crippen LogP contribution in [0.2, 0.25) is 0 Å². The maximum Gasteiger partial charge on any atom is 0.164 e. The fourth-order valence-electron chi connectivity index (χ4n) is 1.76. The molecule has 0 saturated heterocycles. The molecule has 7 heteroatoms. The van der Waals surface area contributed by atoms with E-state index in [-0.39, 0.29) is 0 Å². The molecule has 0 amide bonds. The average molecular weight is 424 g/mol. The molecular formula is C13H14Br2ClN3O. The third kappa shape index (κ3) is 3.74. The van der Waals surface area contributed by atoms with Crippen LogP contribution in [-0.4, -0.2) is 14.8 Å². The van der Waals surface area contributed by atoms with Gasteiger partial charge in [-0.2, -0.15) is 5.10 Å². The molecule has 0 fully saturated rings. The van der Waals surface area contributed by atoms with Crippen LogP contribution in [0, 0.1) is 0 Å². The Morgan fingerprint density at radius 2 is 2.00 bits per heavy atom. The molecule has 0 saturated carbocycles. The zero-order valence-electron chi connectivity index (χ0n) is 10.9. The predicted octanol–water partition coefficient (Wildman–Crippen LogP) is 4.53. The highest BCUT2D eigenvalue weighted by molar-refractivity contribution is 9.11. The summed E-state index contributed by atoms with van der Waals surface area (Å²) in [4.78, 5) is 4.22. The molecule has 0 N–H and O–H groups in total. The number of benzene rings is 1. The number of aryl methyl sites for hydroxylation is 1. The Hall–Kier alpha value is -0.590. The third-order valence-electron chi connectivity index (χ3n) is 2.69. The number of nitrogens with zero attached hydrogens (tertiary/aromatic N) is 3. The Morgan fingerprint density at radius 3 is 2.60 bits per heavy atom. The highest BCUT2D eigenvalue weighted by Gasteiger charge is 2.11. The van der Waals surface area contributed by atoms with Gasteiger partial charge in [0.2, 0.25) is 0 Å². The second kappa shape index (κ2) is 7.43. The minimum Gasteiger partial charge on any atom is -0.483 e. The van der Waals surface area contributed by atoms with E-state index >= 15 is 0 Å². The van der Waals surface area contributed by atoms with Crippen molar-refractivity contribution in [2.45, 2.75) is 32.4 Å². The first-order valence-electron chi connectivity index (χ1n) is 6.19. The highest BCUT2D eigenvalue weighted by atomic mass is 79.9. The SMILES string of the molecule is CCCn1ncnc1COc1c(Br)cc(CCl)cc1Br. The molecule has 20 heavy (non-hydrogen) atoms. The number of alkyl halides is 1. The molecule has 0 aliphatic rings. The molecule has 0 radical (unpaired) electrons. The summed E-state index contributed by atoms with van der Waals surface area (Å²) >= 11 is 12.8. The van der Waals surface area contributed by atoms with Crippen LogP contribution >= 0.6 is 43.5 Å². The fraction of sp³-hybridized carbons (Fsp3) is 0.385. The third-order valence-corrected chi connectivity index (χ3v) is 4.18. The van der Waals surface area contributed by atoms with E-state index < -0.39 is 0 Å². The molecule has 0 bridgehead atoms. The monoisotopic (exact) mass is 421 g/mol. The molecule has 1 aromatic heterocycles. The fourth-order valence-corrected chi connectivity index (χ4v) is 3.43. The van der Waals surface area contributed by atoms with E-state index in [0.717, 1.165) is 39.0 Å². The minimum atomic E-state index is 0.372. The van der Waals surface area contributed by atoms with Gasteiger partial charge in [0.1, 0.15) is 18.7 Å². The molecule has 4 nitrogen and oxygen atoms in total. The van der Waals surface area contributed by atoms with Crippen molar-refractivity contribution in [3.8, 4) is 5.75 Å². The predicted molar refractivity (Wildman–Crippen MR) is 86.0 cm³/mol. The van der Waals surface area contributed by atoms with Gasteiger partial charge in [0.15, 0.2) is 5.82 Å². The second-order valence-electron chi connectivity index (χ2n) is 4.21. The summed E-state index contributed by atoms with van der Waals surface area (Å²) in [7, 11) is 0. The molecule has 2 rings (SSSR count). The summed E-state index contributed by atoms with van der Waals surface area (Å²) in [5.41, 5.74) is 1.02. The van der Waals surface area contributed by atoms with Crippen molar-refractivity contribution >= 4 is 43.5 Å². The van der Waals surface area contributed by atoms with Gasteiger partial charge >= 0.3 is 0 Å². The van der Waals surface area contributed by atoms with Crippen LogP contribution in [0.1, 0.15) is 24.7 Å². The number of halogens is 3.